The van der Waals surface area contributed by atoms with E-state index in [-0.39, 0.29) is 35.7 Å². The topological polar surface area (TPSA) is 115 Å². The van der Waals surface area contributed by atoms with Crippen molar-refractivity contribution in [2.75, 3.05) is 19.3 Å². The van der Waals surface area contributed by atoms with Gasteiger partial charge in [0.05, 0.1) is 10.3 Å². The van der Waals surface area contributed by atoms with Gasteiger partial charge in [0.2, 0.25) is 15.9 Å². The lowest BCUT2D eigenvalue weighted by molar-refractivity contribution is -0.125. The summed E-state index contributed by atoms with van der Waals surface area (Å²) >= 11 is 0. The van der Waals surface area contributed by atoms with Crippen molar-refractivity contribution in [3.8, 4) is 0 Å². The highest BCUT2D eigenvalue weighted by Crippen LogP contribution is 2.37. The number of benzene rings is 2. The van der Waals surface area contributed by atoms with Crippen LogP contribution in [0.5, 0.6) is 0 Å². The van der Waals surface area contributed by atoms with Gasteiger partial charge in [-0.15, -0.1) is 0 Å². The minimum atomic E-state index is -4.03. The Morgan fingerprint density at radius 3 is 1.89 bits per heavy atom. The van der Waals surface area contributed by atoms with Crippen molar-refractivity contribution in [2.24, 2.45) is 5.73 Å². The number of rotatable bonds is 5. The molecule has 150 valence electrons. The van der Waals surface area contributed by atoms with Crippen molar-refractivity contribution in [1.82, 2.24) is 4.31 Å². The van der Waals surface area contributed by atoms with Crippen molar-refractivity contribution in [2.45, 2.75) is 28.0 Å². The van der Waals surface area contributed by atoms with Crippen molar-refractivity contribution in [3.05, 3.63) is 60.2 Å². The smallest absolute Gasteiger partial charge is 0.244 e. The maximum absolute atomic E-state index is 13.1. The molecule has 9 heteroatoms. The molecule has 0 saturated carbocycles. The number of nitrogens with two attached hydrogens (primary N) is 1. The first-order valence-corrected chi connectivity index (χ1v) is 12.1. The van der Waals surface area contributed by atoms with Crippen LogP contribution >= 0.6 is 0 Å². The molecular weight excluding hydrogens is 400 g/mol. The van der Waals surface area contributed by atoms with E-state index in [2.05, 4.69) is 0 Å². The van der Waals surface area contributed by atoms with Gasteiger partial charge < -0.3 is 5.73 Å². The monoisotopic (exact) mass is 422 g/mol. The first-order chi connectivity index (χ1) is 13.1. The second-order valence-corrected chi connectivity index (χ2v) is 10.8. The molecule has 28 heavy (non-hydrogen) atoms. The molecule has 2 aromatic rings. The van der Waals surface area contributed by atoms with E-state index in [0.29, 0.717) is 0 Å². The molecule has 1 aliphatic rings. The predicted octanol–water partition coefficient (Wildman–Crippen LogP) is 1.30. The maximum atomic E-state index is 13.1. The molecular formula is C19H22N2O5S2. The highest BCUT2D eigenvalue weighted by molar-refractivity contribution is 7.93. The zero-order chi connectivity index (χ0) is 20.6. The molecule has 1 heterocycles. The van der Waals surface area contributed by atoms with Gasteiger partial charge in [-0.1, -0.05) is 42.5 Å². The number of hydrogen-bond donors (Lipinski definition) is 1. The van der Waals surface area contributed by atoms with Crippen molar-refractivity contribution >= 4 is 25.8 Å². The number of sulfonamides is 1. The Morgan fingerprint density at radius 1 is 0.893 bits per heavy atom. The Balaban J connectivity index is 1.94. The van der Waals surface area contributed by atoms with E-state index in [1.54, 1.807) is 0 Å². The van der Waals surface area contributed by atoms with Crippen LogP contribution in [0.2, 0.25) is 0 Å². The standard InChI is InChI=1S/C19H22N2O5S2/c1-27(23,24)16-9-5-6-10-17(16)28(25,26)21-13-11-19(12-14-21,18(20)22)15-7-3-2-4-8-15/h2-10H,11-14H2,1H3,(H2,20,22). The number of piperidine rings is 1. The summed E-state index contributed by atoms with van der Waals surface area (Å²) in [6, 6.07) is 14.6. The highest BCUT2D eigenvalue weighted by atomic mass is 32.2. The van der Waals surface area contributed by atoms with Gasteiger partial charge in [0.15, 0.2) is 9.84 Å². The van der Waals surface area contributed by atoms with E-state index in [9.17, 15) is 21.6 Å². The van der Waals surface area contributed by atoms with Crippen LogP contribution in [-0.4, -0.2) is 46.4 Å². The molecule has 0 unspecified atom stereocenters. The molecule has 0 bridgehead atoms. The Hall–Kier alpha value is -2.23. The lowest BCUT2D eigenvalue weighted by Gasteiger charge is -2.39. The third-order valence-corrected chi connectivity index (χ3v) is 8.48. The van der Waals surface area contributed by atoms with Crippen LogP contribution < -0.4 is 5.73 Å². The van der Waals surface area contributed by atoms with Crippen molar-refractivity contribution in [3.63, 3.8) is 0 Å². The minimum absolute atomic E-state index is 0.0677. The lowest BCUT2D eigenvalue weighted by Crippen LogP contribution is -2.51. The molecule has 1 aliphatic heterocycles. The highest BCUT2D eigenvalue weighted by Gasteiger charge is 2.44. The SMILES string of the molecule is CS(=O)(=O)c1ccccc1S(=O)(=O)N1CCC(C(N)=O)(c2ccccc2)CC1. The third kappa shape index (κ3) is 3.57. The largest absolute Gasteiger partial charge is 0.369 e. The van der Waals surface area contributed by atoms with Gasteiger partial charge in [-0.25, -0.2) is 16.8 Å². The second kappa shape index (κ2) is 7.31. The summed E-state index contributed by atoms with van der Waals surface area (Å²) in [5.74, 6) is -0.493. The molecule has 3 rings (SSSR count). The molecule has 2 N–H and O–H groups in total. The number of nitrogens with zero attached hydrogens (tertiary/aromatic N) is 1. The summed E-state index contributed by atoms with van der Waals surface area (Å²) in [6.45, 7) is 0.135. The summed E-state index contributed by atoms with van der Waals surface area (Å²) in [5, 5.41) is 0. The molecule has 0 aromatic heterocycles. The second-order valence-electron chi connectivity index (χ2n) is 6.94. The first-order valence-electron chi connectivity index (χ1n) is 8.74. The molecule has 2 aromatic carbocycles. The lowest BCUT2D eigenvalue weighted by atomic mass is 9.72. The number of carbonyl (C=O) groups excluding carboxylic acids is 1. The van der Waals surface area contributed by atoms with Crippen LogP contribution in [0.4, 0.5) is 0 Å². The van der Waals surface area contributed by atoms with E-state index in [1.165, 1.54) is 28.6 Å². The van der Waals surface area contributed by atoms with E-state index < -0.39 is 31.2 Å². The van der Waals surface area contributed by atoms with Gasteiger partial charge in [0.1, 0.15) is 4.90 Å². The van der Waals surface area contributed by atoms with E-state index in [1.807, 2.05) is 30.3 Å². The van der Waals surface area contributed by atoms with E-state index >= 15 is 0 Å². The molecule has 1 amide bonds. The fourth-order valence-electron chi connectivity index (χ4n) is 3.65. The van der Waals surface area contributed by atoms with Gasteiger partial charge in [0.25, 0.3) is 0 Å². The van der Waals surface area contributed by atoms with Gasteiger partial charge in [-0.2, -0.15) is 4.31 Å². The maximum Gasteiger partial charge on any atom is 0.244 e. The Bertz CT molecular complexity index is 1090. The van der Waals surface area contributed by atoms with Gasteiger partial charge in [0, 0.05) is 19.3 Å². The normalized spacial score (nSPS) is 17.9. The third-order valence-electron chi connectivity index (χ3n) is 5.24. The molecule has 0 aliphatic carbocycles. The predicted molar refractivity (Wildman–Crippen MR) is 105 cm³/mol. The number of hydrogen-bond acceptors (Lipinski definition) is 5. The van der Waals surface area contributed by atoms with Crippen LogP contribution in [0.1, 0.15) is 18.4 Å². The molecule has 1 fully saturated rings. The Kier molecular flexibility index (Phi) is 5.35. The van der Waals surface area contributed by atoms with Crippen LogP contribution in [0.3, 0.4) is 0 Å². The van der Waals surface area contributed by atoms with Crippen molar-refractivity contribution in [1.29, 1.82) is 0 Å². The van der Waals surface area contributed by atoms with Crippen LogP contribution in [-0.2, 0) is 30.1 Å². The number of amides is 1. The minimum Gasteiger partial charge on any atom is -0.369 e. The van der Waals surface area contributed by atoms with E-state index in [0.717, 1.165) is 11.8 Å². The van der Waals surface area contributed by atoms with Gasteiger partial charge >= 0.3 is 0 Å². The number of carbonyl (C=O) groups is 1. The van der Waals surface area contributed by atoms with Crippen LogP contribution in [0.25, 0.3) is 0 Å². The average molecular weight is 423 g/mol. The molecule has 0 atom stereocenters. The average Bonchev–Trinajstić information content (AvgIpc) is 2.68. The molecule has 0 radical (unpaired) electrons. The van der Waals surface area contributed by atoms with Gasteiger partial charge in [-0.05, 0) is 30.5 Å². The van der Waals surface area contributed by atoms with Gasteiger partial charge in [-0.3, -0.25) is 4.79 Å². The summed E-state index contributed by atoms with van der Waals surface area (Å²) in [5.41, 5.74) is 5.51. The Labute approximate surface area is 165 Å². The molecule has 1 saturated heterocycles. The van der Waals surface area contributed by atoms with Crippen molar-refractivity contribution < 1.29 is 21.6 Å². The fraction of sp³-hybridized carbons (Fsp3) is 0.316. The zero-order valence-corrected chi connectivity index (χ0v) is 17.0. The molecule has 0 spiro atoms. The molecule has 7 nitrogen and oxygen atoms in total. The Morgan fingerprint density at radius 2 is 1.39 bits per heavy atom. The summed E-state index contributed by atoms with van der Waals surface area (Å²) in [6.07, 6.45) is 1.43. The first kappa shape index (κ1) is 20.5. The summed E-state index contributed by atoms with van der Waals surface area (Å²) in [4.78, 5) is 11.8. The summed E-state index contributed by atoms with van der Waals surface area (Å²) < 4.78 is 51.5. The van der Waals surface area contributed by atoms with Crippen LogP contribution in [0, 0.1) is 0 Å². The number of primary amides is 1. The zero-order valence-electron chi connectivity index (χ0n) is 15.4. The van der Waals surface area contributed by atoms with E-state index in [4.69, 9.17) is 5.73 Å². The van der Waals surface area contributed by atoms with Crippen LogP contribution in [0.15, 0.2) is 64.4 Å². The number of sulfone groups is 1. The summed E-state index contributed by atoms with van der Waals surface area (Å²) in [7, 11) is -7.75. The fourth-order valence-corrected chi connectivity index (χ4v) is 6.70. The quantitative estimate of drug-likeness (QED) is 0.780.